The predicted octanol–water partition coefficient (Wildman–Crippen LogP) is 2.85. The minimum Gasteiger partial charge on any atom is -0.508 e. The molecule has 0 unspecified atom stereocenters. The molecule has 1 fully saturated rings. The van der Waals surface area contributed by atoms with Crippen LogP contribution >= 0.6 is 0 Å². The number of fused-ring (bicyclic) bond motifs is 1. The lowest BCUT2D eigenvalue weighted by Gasteiger charge is -2.47. The average Bonchev–Trinajstić information content (AvgIpc) is 3.15. The van der Waals surface area contributed by atoms with Crippen molar-refractivity contribution in [3.05, 3.63) is 100 Å². The second-order valence-corrected chi connectivity index (χ2v) is 13.6. The molecule has 2 heterocycles. The van der Waals surface area contributed by atoms with Gasteiger partial charge >= 0.3 is 5.97 Å². The highest BCUT2D eigenvalue weighted by Crippen LogP contribution is 2.34. The van der Waals surface area contributed by atoms with E-state index in [1.807, 2.05) is 30.3 Å². The number of nitrogens with one attached hydrogen (secondary N) is 2. The summed E-state index contributed by atoms with van der Waals surface area (Å²) in [5.41, 5.74) is 3.72. The van der Waals surface area contributed by atoms with Gasteiger partial charge in [0.25, 0.3) is 5.91 Å². The molecule has 1 amide bonds. The Labute approximate surface area is 311 Å². The summed E-state index contributed by atoms with van der Waals surface area (Å²) in [5, 5.41) is 59.9. The number of hydrogen-bond donors (Lipinski definition) is 8. The largest absolute Gasteiger partial charge is 0.508 e. The third-order valence-electron chi connectivity index (χ3n) is 9.62. The van der Waals surface area contributed by atoms with Gasteiger partial charge in [0.2, 0.25) is 17.5 Å². The number of carbonyl (C=O) groups excluding carboxylic acids is 1. The molecule has 7 atom stereocenters. The average molecular weight is 746 g/mol. The van der Waals surface area contributed by atoms with Crippen LogP contribution in [0.3, 0.4) is 0 Å². The predicted molar refractivity (Wildman–Crippen MR) is 201 cm³/mol. The number of nitrogens with two attached hydrogens (primary N) is 1. The fourth-order valence-electron chi connectivity index (χ4n) is 6.46. The number of hydrogen-bond acceptors (Lipinski definition) is 12. The van der Waals surface area contributed by atoms with Crippen molar-refractivity contribution in [1.29, 1.82) is 0 Å². The van der Waals surface area contributed by atoms with Gasteiger partial charge in [-0.3, -0.25) is 9.59 Å². The molecular weight excluding hydrogens is 698 g/mol. The van der Waals surface area contributed by atoms with E-state index < -0.39 is 53.3 Å². The van der Waals surface area contributed by atoms with E-state index in [9.17, 15) is 39.9 Å². The van der Waals surface area contributed by atoms with E-state index in [4.69, 9.17) is 19.6 Å². The summed E-state index contributed by atoms with van der Waals surface area (Å²) in [6, 6.07) is 19.4. The van der Waals surface area contributed by atoms with Crippen LogP contribution in [0.25, 0.3) is 28.2 Å². The number of carboxylic acid groups (broad SMARTS) is 1. The van der Waals surface area contributed by atoms with Crippen LogP contribution in [0.5, 0.6) is 11.5 Å². The minimum absolute atomic E-state index is 0.0336. The van der Waals surface area contributed by atoms with Gasteiger partial charge in [-0.05, 0) is 79.7 Å². The van der Waals surface area contributed by atoms with Crippen molar-refractivity contribution >= 4 is 28.9 Å². The van der Waals surface area contributed by atoms with Crippen LogP contribution in [-0.4, -0.2) is 93.8 Å². The van der Waals surface area contributed by atoms with Crippen molar-refractivity contribution < 1.29 is 49.0 Å². The van der Waals surface area contributed by atoms with E-state index >= 15 is 0 Å². The summed E-state index contributed by atoms with van der Waals surface area (Å²) in [4.78, 5) is 38.0. The molecular formula is C40H47N3O11. The molecule has 0 aliphatic carbocycles. The number of rotatable bonds is 17. The van der Waals surface area contributed by atoms with Gasteiger partial charge in [0, 0.05) is 12.6 Å². The summed E-state index contributed by atoms with van der Waals surface area (Å²) in [6.45, 7) is 5.65. The number of phenolic OH excluding ortho intramolecular Hbond substituents is 1. The molecule has 1 aromatic heterocycles. The lowest BCUT2D eigenvalue weighted by molar-refractivity contribution is -0.311. The number of aliphatic hydroxyl groups is 3. The van der Waals surface area contributed by atoms with Crippen LogP contribution < -0.4 is 26.5 Å². The maximum atomic E-state index is 13.6. The summed E-state index contributed by atoms with van der Waals surface area (Å²) in [6.07, 6.45) is -1.97. The molecule has 3 aromatic carbocycles. The van der Waals surface area contributed by atoms with Crippen LogP contribution in [0.15, 0.2) is 88.1 Å². The van der Waals surface area contributed by atoms with Crippen molar-refractivity contribution in [2.24, 2.45) is 17.6 Å². The van der Waals surface area contributed by atoms with E-state index in [1.54, 1.807) is 0 Å². The smallest absolute Gasteiger partial charge is 0.335 e. The number of phenols is 1. The summed E-state index contributed by atoms with van der Waals surface area (Å²) < 4.78 is 17.3. The molecule has 54 heavy (non-hydrogen) atoms. The second-order valence-electron chi connectivity index (χ2n) is 13.6. The second kappa shape index (κ2) is 17.8. The maximum Gasteiger partial charge on any atom is 0.335 e. The molecule has 288 valence electrons. The molecule has 0 radical (unpaired) electrons. The Hall–Kier alpha value is -5.09. The molecule has 0 bridgehead atoms. The Kier molecular flexibility index (Phi) is 13.2. The Balaban J connectivity index is 1.39. The first-order valence-electron chi connectivity index (χ1n) is 17.8. The summed E-state index contributed by atoms with van der Waals surface area (Å²) in [5.74, 6) is -2.98. The topological polar surface area (TPSA) is 234 Å². The zero-order valence-corrected chi connectivity index (χ0v) is 30.1. The number of carbonyl (C=O) groups is 2. The fraction of sp³-hybridized carbons (Fsp3) is 0.375. The zero-order chi connectivity index (χ0) is 39.0. The number of benzene rings is 3. The monoisotopic (exact) mass is 745 g/mol. The first kappa shape index (κ1) is 40.1. The quantitative estimate of drug-likeness (QED) is 0.0728. The molecule has 1 aliphatic rings. The van der Waals surface area contributed by atoms with Crippen molar-refractivity contribution in [2.75, 3.05) is 26.2 Å². The van der Waals surface area contributed by atoms with Gasteiger partial charge in [0.05, 0.1) is 10.9 Å². The van der Waals surface area contributed by atoms with Gasteiger partial charge in [-0.25, -0.2) is 4.79 Å². The van der Waals surface area contributed by atoms with Crippen LogP contribution in [0.2, 0.25) is 0 Å². The van der Waals surface area contributed by atoms with Crippen molar-refractivity contribution in [3.8, 4) is 22.6 Å². The van der Waals surface area contributed by atoms with Crippen molar-refractivity contribution in [2.45, 2.75) is 56.9 Å². The number of carboxylic acids is 1. The van der Waals surface area contributed by atoms with Gasteiger partial charge in [-0.2, -0.15) is 0 Å². The molecule has 5 rings (SSSR count). The van der Waals surface area contributed by atoms with Crippen molar-refractivity contribution in [3.63, 3.8) is 0 Å². The number of primary amides is 1. The van der Waals surface area contributed by atoms with E-state index in [1.165, 1.54) is 42.5 Å². The number of allylic oxidation sites excluding steroid dienone is 1. The number of amides is 1. The fourth-order valence-corrected chi connectivity index (χ4v) is 6.46. The van der Waals surface area contributed by atoms with Crippen LogP contribution in [0.1, 0.15) is 42.8 Å². The van der Waals surface area contributed by atoms with Gasteiger partial charge in [0.15, 0.2) is 11.7 Å². The standard InChI is InChI=1S/C40H47N3O11/c1-3-18-42-20-26(23(2)8-7-11-24-9-5-4-6-10-24)21-43-22-40(51)36(47)33(46)35(38(49)50)54-39(40)52-28-16-17-29-30(19-28)53-34(37(41)48)31(32(29)45)25-12-14-27(44)15-13-25/h4-7,9-17,19,23,26,33,35-36,39,42-44,46-47,51H,3,8,18,20-22H2,1-2H3,(H2,41,48)(H,49,50)/t23-,26-,33-,35+,36+,39-,40+/m1/s1. The van der Waals surface area contributed by atoms with Gasteiger partial charge in [-0.15, -0.1) is 0 Å². The number of aromatic hydroxyl groups is 1. The molecule has 0 saturated carbocycles. The molecule has 4 aromatic rings. The third kappa shape index (κ3) is 9.16. The Morgan fingerprint density at radius 2 is 1.74 bits per heavy atom. The van der Waals surface area contributed by atoms with E-state index in [2.05, 4.69) is 36.6 Å². The highest BCUT2D eigenvalue weighted by atomic mass is 16.7. The number of aliphatic hydroxyl groups excluding tert-OH is 2. The zero-order valence-electron chi connectivity index (χ0n) is 30.1. The number of aliphatic carboxylic acids is 1. The highest BCUT2D eigenvalue weighted by molar-refractivity contribution is 5.99. The maximum absolute atomic E-state index is 13.6. The van der Waals surface area contributed by atoms with Crippen molar-refractivity contribution in [1.82, 2.24) is 10.6 Å². The van der Waals surface area contributed by atoms with Crippen LogP contribution in [0, 0.1) is 11.8 Å². The highest BCUT2D eigenvalue weighted by Gasteiger charge is 2.58. The number of ether oxygens (including phenoxy) is 2. The van der Waals surface area contributed by atoms with Gasteiger partial charge in [-0.1, -0.05) is 68.5 Å². The van der Waals surface area contributed by atoms with E-state index in [-0.39, 0.29) is 52.0 Å². The Morgan fingerprint density at radius 3 is 2.41 bits per heavy atom. The normalized spacial score (nSPS) is 22.6. The molecule has 0 spiro atoms. The lowest BCUT2D eigenvalue weighted by Crippen LogP contribution is -2.71. The molecule has 1 saturated heterocycles. The lowest BCUT2D eigenvalue weighted by atomic mass is 9.85. The van der Waals surface area contributed by atoms with E-state index in [0.29, 0.717) is 13.1 Å². The first-order valence-corrected chi connectivity index (χ1v) is 17.8. The minimum atomic E-state index is -2.37. The summed E-state index contributed by atoms with van der Waals surface area (Å²) >= 11 is 0. The molecule has 14 heteroatoms. The first-order chi connectivity index (χ1) is 25.8. The molecule has 14 nitrogen and oxygen atoms in total. The van der Waals surface area contributed by atoms with Gasteiger partial charge in [0.1, 0.15) is 29.3 Å². The van der Waals surface area contributed by atoms with Crippen LogP contribution in [0.4, 0.5) is 0 Å². The molecule has 1 aliphatic heterocycles. The Morgan fingerprint density at radius 1 is 1.04 bits per heavy atom. The summed E-state index contributed by atoms with van der Waals surface area (Å²) in [7, 11) is 0. The van der Waals surface area contributed by atoms with E-state index in [0.717, 1.165) is 24.9 Å². The molecule has 9 N–H and O–H groups in total. The third-order valence-corrected chi connectivity index (χ3v) is 9.62. The van der Waals surface area contributed by atoms with Gasteiger partial charge < -0.3 is 55.8 Å². The SMILES string of the molecule is CCCNC[C@H](CNC[C@@]1(O)[C@H](Oc2ccc3c(=O)c(-c4ccc(O)cc4)c(C(N)=O)oc3c2)O[C@H](C(=O)O)[C@@H](O)[C@@H]1O)[C@H](C)CC=Cc1ccccc1. The Bertz CT molecular complexity index is 1990. The van der Waals surface area contributed by atoms with Crippen LogP contribution in [-0.2, 0) is 9.53 Å².